The van der Waals surface area contributed by atoms with Gasteiger partial charge in [0.1, 0.15) is 0 Å². The van der Waals surface area contributed by atoms with E-state index in [1.807, 2.05) is 0 Å². The largest absolute Gasteiger partial charge is 0.366 e. The number of aromatic nitrogens is 3. The molecule has 4 rings (SSSR count). The Hall–Kier alpha value is -2.33. The summed E-state index contributed by atoms with van der Waals surface area (Å²) in [6, 6.07) is 9.68. The molecule has 1 atom stereocenters. The second-order valence-electron chi connectivity index (χ2n) is 5.87. The first-order valence-corrected chi connectivity index (χ1v) is 9.97. The number of nitrogens with zero attached hydrogens (tertiary/aromatic N) is 4. The normalized spacial score (nSPS) is 18.5. The van der Waals surface area contributed by atoms with Gasteiger partial charge in [-0.2, -0.15) is 9.29 Å². The van der Waals surface area contributed by atoms with Crippen molar-refractivity contribution in [2.45, 2.75) is 11.0 Å². The van der Waals surface area contributed by atoms with Crippen LogP contribution in [0.2, 0.25) is 5.02 Å². The van der Waals surface area contributed by atoms with Crippen molar-refractivity contribution in [2.24, 2.45) is 0 Å². The standard InChI is InChI=1S/C17H15ClN4O4S/c18-13-2-1-3-14(10-13)27(23,24)22-8-9-25-15(11-22)17-20-16(21-26-17)12-4-6-19-7-5-12/h1-7,10,15H,8-9,11H2. The highest BCUT2D eigenvalue weighted by atomic mass is 35.5. The molecule has 1 aromatic carbocycles. The first-order chi connectivity index (χ1) is 13.0. The lowest BCUT2D eigenvalue weighted by atomic mass is 10.2. The summed E-state index contributed by atoms with van der Waals surface area (Å²) in [6.07, 6.45) is 2.61. The van der Waals surface area contributed by atoms with Crippen LogP contribution < -0.4 is 0 Å². The van der Waals surface area contributed by atoms with Crippen LogP contribution in [0.25, 0.3) is 11.4 Å². The van der Waals surface area contributed by atoms with Crippen LogP contribution in [0.4, 0.5) is 0 Å². The van der Waals surface area contributed by atoms with Crippen LogP contribution in [0, 0.1) is 0 Å². The second-order valence-corrected chi connectivity index (χ2v) is 8.25. The number of rotatable bonds is 4. The summed E-state index contributed by atoms with van der Waals surface area (Å²) >= 11 is 5.93. The predicted octanol–water partition coefficient (Wildman–Crippen LogP) is 2.55. The minimum atomic E-state index is -3.70. The van der Waals surface area contributed by atoms with Crippen molar-refractivity contribution >= 4 is 21.6 Å². The highest BCUT2D eigenvalue weighted by molar-refractivity contribution is 7.89. The molecule has 140 valence electrons. The van der Waals surface area contributed by atoms with Gasteiger partial charge in [-0.1, -0.05) is 22.8 Å². The van der Waals surface area contributed by atoms with Crippen molar-refractivity contribution in [3.63, 3.8) is 0 Å². The third kappa shape index (κ3) is 3.72. The molecule has 1 fully saturated rings. The molecule has 0 aliphatic carbocycles. The summed E-state index contributed by atoms with van der Waals surface area (Å²) in [7, 11) is -3.70. The van der Waals surface area contributed by atoms with Gasteiger partial charge in [0, 0.05) is 36.1 Å². The van der Waals surface area contributed by atoms with Gasteiger partial charge in [-0.3, -0.25) is 4.98 Å². The topological polar surface area (TPSA) is 98.4 Å². The maximum atomic E-state index is 12.9. The van der Waals surface area contributed by atoms with Crippen molar-refractivity contribution in [1.82, 2.24) is 19.4 Å². The Kier molecular flexibility index (Phi) is 4.92. The van der Waals surface area contributed by atoms with Gasteiger partial charge in [0.05, 0.1) is 11.5 Å². The van der Waals surface area contributed by atoms with Crippen LogP contribution in [0.1, 0.15) is 12.0 Å². The van der Waals surface area contributed by atoms with Gasteiger partial charge in [0.15, 0.2) is 6.10 Å². The Morgan fingerprint density at radius 1 is 1.19 bits per heavy atom. The molecule has 0 amide bonds. The molecule has 0 N–H and O–H groups in total. The first kappa shape index (κ1) is 18.1. The SMILES string of the molecule is O=S(=O)(c1cccc(Cl)c1)N1CCOC(c2nc(-c3ccncc3)no2)C1. The number of ether oxygens (including phenoxy) is 1. The number of hydrogen-bond donors (Lipinski definition) is 0. The van der Waals surface area contributed by atoms with Gasteiger partial charge < -0.3 is 9.26 Å². The zero-order valence-corrected chi connectivity index (χ0v) is 15.6. The minimum absolute atomic E-state index is 0.0762. The van der Waals surface area contributed by atoms with E-state index in [2.05, 4.69) is 15.1 Å². The van der Waals surface area contributed by atoms with Crippen molar-refractivity contribution < 1.29 is 17.7 Å². The number of sulfonamides is 1. The van der Waals surface area contributed by atoms with E-state index in [0.717, 1.165) is 5.56 Å². The fraction of sp³-hybridized carbons (Fsp3) is 0.235. The Balaban J connectivity index is 1.56. The number of halogens is 1. The lowest BCUT2D eigenvalue weighted by molar-refractivity contribution is -0.0199. The Labute approximate surface area is 160 Å². The van der Waals surface area contributed by atoms with Crippen LogP contribution in [0.3, 0.4) is 0 Å². The molecule has 1 aliphatic rings. The van der Waals surface area contributed by atoms with Gasteiger partial charge in [-0.25, -0.2) is 8.42 Å². The van der Waals surface area contributed by atoms with E-state index >= 15 is 0 Å². The molecule has 1 unspecified atom stereocenters. The lowest BCUT2D eigenvalue weighted by Gasteiger charge is -2.30. The molecule has 8 nitrogen and oxygen atoms in total. The number of hydrogen-bond acceptors (Lipinski definition) is 7. The number of pyridine rings is 1. The summed E-state index contributed by atoms with van der Waals surface area (Å²) in [4.78, 5) is 8.42. The van der Waals surface area contributed by atoms with Gasteiger partial charge in [0.25, 0.3) is 5.89 Å². The molecular formula is C17H15ClN4O4S. The van der Waals surface area contributed by atoms with E-state index in [-0.39, 0.29) is 30.5 Å². The van der Waals surface area contributed by atoms with E-state index in [4.69, 9.17) is 20.9 Å². The summed E-state index contributed by atoms with van der Waals surface area (Å²) in [5.41, 5.74) is 0.749. The van der Waals surface area contributed by atoms with Crippen LogP contribution in [-0.4, -0.2) is 47.5 Å². The number of benzene rings is 1. The van der Waals surface area contributed by atoms with Gasteiger partial charge in [0.2, 0.25) is 15.8 Å². The van der Waals surface area contributed by atoms with E-state index in [9.17, 15) is 8.42 Å². The third-order valence-electron chi connectivity index (χ3n) is 4.12. The molecule has 0 bridgehead atoms. The molecule has 1 saturated heterocycles. The fourth-order valence-electron chi connectivity index (χ4n) is 2.75. The van der Waals surface area contributed by atoms with E-state index < -0.39 is 16.1 Å². The maximum absolute atomic E-state index is 12.9. The van der Waals surface area contributed by atoms with Crippen molar-refractivity contribution in [2.75, 3.05) is 19.7 Å². The lowest BCUT2D eigenvalue weighted by Crippen LogP contribution is -2.42. The molecule has 2 aromatic heterocycles. The summed E-state index contributed by atoms with van der Waals surface area (Å²) in [5, 5.41) is 4.30. The predicted molar refractivity (Wildman–Crippen MR) is 96.4 cm³/mol. The molecule has 10 heteroatoms. The third-order valence-corrected chi connectivity index (χ3v) is 6.21. The molecule has 27 heavy (non-hydrogen) atoms. The molecule has 0 saturated carbocycles. The average molecular weight is 407 g/mol. The smallest absolute Gasteiger partial charge is 0.257 e. The van der Waals surface area contributed by atoms with Gasteiger partial charge >= 0.3 is 0 Å². The zero-order valence-electron chi connectivity index (χ0n) is 14.0. The molecule has 0 spiro atoms. The molecular weight excluding hydrogens is 392 g/mol. The van der Waals surface area contributed by atoms with E-state index in [1.54, 1.807) is 36.7 Å². The quantitative estimate of drug-likeness (QED) is 0.656. The first-order valence-electron chi connectivity index (χ1n) is 8.15. The fourth-order valence-corrected chi connectivity index (χ4v) is 4.48. The van der Waals surface area contributed by atoms with Crippen LogP contribution >= 0.6 is 11.6 Å². The highest BCUT2D eigenvalue weighted by Crippen LogP contribution is 2.27. The van der Waals surface area contributed by atoms with Crippen LogP contribution in [0.15, 0.2) is 58.2 Å². The Morgan fingerprint density at radius 2 is 2.00 bits per heavy atom. The zero-order chi connectivity index (χ0) is 18.9. The van der Waals surface area contributed by atoms with Crippen molar-refractivity contribution in [1.29, 1.82) is 0 Å². The van der Waals surface area contributed by atoms with Crippen molar-refractivity contribution in [3.8, 4) is 11.4 Å². The number of morpholine rings is 1. The van der Waals surface area contributed by atoms with Crippen LogP contribution in [0.5, 0.6) is 0 Å². The Bertz CT molecular complexity index is 1040. The van der Waals surface area contributed by atoms with Gasteiger partial charge in [-0.15, -0.1) is 0 Å². The minimum Gasteiger partial charge on any atom is -0.366 e. The molecule has 3 aromatic rings. The van der Waals surface area contributed by atoms with E-state index in [1.165, 1.54) is 16.4 Å². The van der Waals surface area contributed by atoms with Crippen molar-refractivity contribution in [3.05, 3.63) is 59.7 Å². The summed E-state index contributed by atoms with van der Waals surface area (Å²) in [5.74, 6) is 0.624. The summed E-state index contributed by atoms with van der Waals surface area (Å²) in [6.45, 7) is 0.529. The maximum Gasteiger partial charge on any atom is 0.257 e. The monoisotopic (exact) mass is 406 g/mol. The molecule has 0 radical (unpaired) electrons. The summed E-state index contributed by atoms with van der Waals surface area (Å²) < 4.78 is 38.1. The van der Waals surface area contributed by atoms with Gasteiger partial charge in [-0.05, 0) is 30.3 Å². The average Bonchev–Trinajstić information content (AvgIpc) is 3.19. The molecule has 1 aliphatic heterocycles. The Morgan fingerprint density at radius 3 is 2.78 bits per heavy atom. The van der Waals surface area contributed by atoms with Crippen LogP contribution in [-0.2, 0) is 14.8 Å². The second kappa shape index (κ2) is 7.35. The van der Waals surface area contributed by atoms with E-state index in [0.29, 0.717) is 10.8 Å². The highest BCUT2D eigenvalue weighted by Gasteiger charge is 2.34. The molecule has 3 heterocycles.